The summed E-state index contributed by atoms with van der Waals surface area (Å²) in [5.74, 6) is 0.372. The van der Waals surface area contributed by atoms with Gasteiger partial charge in [-0.1, -0.05) is 55.0 Å². The number of carbonyl (C=O) groups is 2. The van der Waals surface area contributed by atoms with Gasteiger partial charge in [-0.05, 0) is 36.7 Å². The van der Waals surface area contributed by atoms with E-state index in [1.807, 2.05) is 22.9 Å². The maximum atomic E-state index is 13.8. The maximum absolute atomic E-state index is 13.8. The van der Waals surface area contributed by atoms with Gasteiger partial charge >= 0.3 is 5.97 Å². The zero-order valence-corrected chi connectivity index (χ0v) is 29.3. The molecule has 13 heteroatoms. The average Bonchev–Trinajstić information content (AvgIpc) is 3.76. The molecule has 10 nitrogen and oxygen atoms in total. The molecule has 0 radical (unpaired) electrons. The van der Waals surface area contributed by atoms with Crippen molar-refractivity contribution in [3.63, 3.8) is 0 Å². The Balaban J connectivity index is 1.33. The third-order valence-corrected chi connectivity index (χ3v) is 10.7. The summed E-state index contributed by atoms with van der Waals surface area (Å²) in [5, 5.41) is 4.36. The lowest BCUT2D eigenvalue weighted by Gasteiger charge is -2.29. The summed E-state index contributed by atoms with van der Waals surface area (Å²) in [6.45, 7) is 11.0. The largest absolute Gasteiger partial charge is 0.484 e. The predicted molar refractivity (Wildman–Crippen MR) is 181 cm³/mol. The minimum atomic E-state index is -1.18. The van der Waals surface area contributed by atoms with E-state index in [0.29, 0.717) is 73.3 Å². The van der Waals surface area contributed by atoms with Gasteiger partial charge in [-0.15, -0.1) is 0 Å². The van der Waals surface area contributed by atoms with Crippen molar-refractivity contribution in [1.29, 1.82) is 0 Å². The standard InChI is InChI=1S/C33H40Cl2N4O6Si/c1-6-44-32(41)22-7-9-23(10-8-22)33(11-14-42-20-33)37-31(40)26-17-24-25(38(26)2)18-27(30(35)29(24)34)45-19-28-36-12-13-39(28)21-43-15-16-46(3,4)5/h7-10,12-13,17-18H,6,11,14-16,19-21H2,1-5H3,(H,37,40)/t33-/m0/s1. The van der Waals surface area contributed by atoms with E-state index in [-0.39, 0.29) is 22.6 Å². The number of hydrogen-bond donors (Lipinski definition) is 1. The SMILES string of the molecule is CCOC(=O)c1ccc([C@]2(NC(=O)c3cc4c(Cl)c(Cl)c(OCc5nccn5COCC[Si](C)(C)C)cc4n3C)CCOC2)cc1. The average molecular weight is 688 g/mol. The fourth-order valence-electron chi connectivity index (χ4n) is 5.37. The van der Waals surface area contributed by atoms with Gasteiger partial charge in [0.05, 0.1) is 34.9 Å². The van der Waals surface area contributed by atoms with E-state index in [4.69, 9.17) is 42.1 Å². The van der Waals surface area contributed by atoms with Crippen LogP contribution in [0.5, 0.6) is 5.75 Å². The zero-order valence-electron chi connectivity index (χ0n) is 26.8. The summed E-state index contributed by atoms with van der Waals surface area (Å²) in [7, 11) is 0.611. The second kappa shape index (κ2) is 14.2. The Kier molecular flexibility index (Phi) is 10.5. The van der Waals surface area contributed by atoms with Crippen LogP contribution in [-0.4, -0.2) is 60.5 Å². The highest BCUT2D eigenvalue weighted by Gasteiger charge is 2.39. The van der Waals surface area contributed by atoms with Crippen molar-refractivity contribution in [3.8, 4) is 5.75 Å². The molecule has 1 fully saturated rings. The smallest absolute Gasteiger partial charge is 0.338 e. The number of aryl methyl sites for hydroxylation is 1. The number of rotatable bonds is 13. The lowest BCUT2D eigenvalue weighted by Crippen LogP contribution is -2.47. The first-order chi connectivity index (χ1) is 21.9. The second-order valence-corrected chi connectivity index (χ2v) is 19.0. The molecule has 3 heterocycles. The molecule has 0 unspecified atom stereocenters. The molecule has 1 aliphatic rings. The number of nitrogens with one attached hydrogen (secondary N) is 1. The Morgan fingerprint density at radius 2 is 1.89 bits per heavy atom. The summed E-state index contributed by atoms with van der Waals surface area (Å²) < 4.78 is 26.5. The fraction of sp³-hybridized carbons (Fsp3) is 0.424. The first kappa shape index (κ1) is 34.0. The van der Waals surface area contributed by atoms with E-state index in [9.17, 15) is 9.59 Å². The molecular formula is C33H40Cl2N4O6Si. The van der Waals surface area contributed by atoms with Crippen molar-refractivity contribution >= 4 is 54.1 Å². The Labute approximate surface area is 279 Å². The Bertz CT molecular complexity index is 1710. The Morgan fingerprint density at radius 3 is 2.57 bits per heavy atom. The molecule has 1 saturated heterocycles. The molecule has 0 bridgehead atoms. The number of benzene rings is 2. The zero-order chi connectivity index (χ0) is 33.1. The van der Waals surface area contributed by atoms with E-state index >= 15 is 0 Å². The highest BCUT2D eigenvalue weighted by molar-refractivity contribution is 6.76. The number of ether oxygens (including phenoxy) is 4. The number of halogens is 2. The molecule has 0 saturated carbocycles. The molecule has 46 heavy (non-hydrogen) atoms. The first-order valence-corrected chi connectivity index (χ1v) is 19.7. The molecule has 246 valence electrons. The van der Waals surface area contributed by atoms with E-state index < -0.39 is 19.6 Å². The third-order valence-electron chi connectivity index (χ3n) is 8.13. The van der Waals surface area contributed by atoms with Crippen LogP contribution in [0.4, 0.5) is 0 Å². The minimum Gasteiger partial charge on any atom is -0.484 e. The van der Waals surface area contributed by atoms with Crippen LogP contribution in [-0.2, 0) is 40.1 Å². The van der Waals surface area contributed by atoms with E-state index in [0.717, 1.165) is 11.6 Å². The summed E-state index contributed by atoms with van der Waals surface area (Å²) in [5.41, 5.74) is 1.59. The van der Waals surface area contributed by atoms with Crippen molar-refractivity contribution in [2.24, 2.45) is 7.05 Å². The number of carbonyl (C=O) groups excluding carboxylic acids is 2. The first-order valence-electron chi connectivity index (χ1n) is 15.3. The third kappa shape index (κ3) is 7.44. The van der Waals surface area contributed by atoms with Gasteiger partial charge in [-0.2, -0.15) is 0 Å². The minimum absolute atomic E-state index is 0.154. The molecule has 1 N–H and O–H groups in total. The van der Waals surface area contributed by atoms with Crippen molar-refractivity contribution in [1.82, 2.24) is 19.4 Å². The summed E-state index contributed by atoms with van der Waals surface area (Å²) in [6, 6.07) is 11.6. The van der Waals surface area contributed by atoms with Crippen LogP contribution in [0.2, 0.25) is 35.7 Å². The molecule has 1 atom stereocenters. The molecular weight excluding hydrogens is 647 g/mol. The Morgan fingerprint density at radius 1 is 1.13 bits per heavy atom. The van der Waals surface area contributed by atoms with Gasteiger partial charge in [0.2, 0.25) is 0 Å². The van der Waals surface area contributed by atoms with Gasteiger partial charge < -0.3 is 33.4 Å². The monoisotopic (exact) mass is 686 g/mol. The van der Waals surface area contributed by atoms with E-state index in [1.165, 1.54) is 0 Å². The quantitative estimate of drug-likeness (QED) is 0.0937. The summed E-state index contributed by atoms with van der Waals surface area (Å²) >= 11 is 13.4. The summed E-state index contributed by atoms with van der Waals surface area (Å²) in [4.78, 5) is 30.4. The highest BCUT2D eigenvalue weighted by atomic mass is 35.5. The van der Waals surface area contributed by atoms with Crippen LogP contribution in [0.15, 0.2) is 48.8 Å². The number of amides is 1. The highest BCUT2D eigenvalue weighted by Crippen LogP contribution is 2.40. The number of esters is 1. The van der Waals surface area contributed by atoms with Crippen LogP contribution in [0, 0.1) is 0 Å². The van der Waals surface area contributed by atoms with Crippen LogP contribution in [0.25, 0.3) is 10.9 Å². The lowest BCUT2D eigenvalue weighted by atomic mass is 9.88. The van der Waals surface area contributed by atoms with E-state index in [1.54, 1.807) is 49.0 Å². The number of nitrogens with zero attached hydrogens (tertiary/aromatic N) is 3. The van der Waals surface area contributed by atoms with Gasteiger partial charge in [0, 0.05) is 58.6 Å². The van der Waals surface area contributed by atoms with Crippen molar-refractivity contribution in [2.75, 3.05) is 26.4 Å². The Hall–Kier alpha value is -3.35. The van der Waals surface area contributed by atoms with Gasteiger partial charge in [-0.25, -0.2) is 9.78 Å². The van der Waals surface area contributed by atoms with Crippen LogP contribution in [0.3, 0.4) is 0 Å². The van der Waals surface area contributed by atoms with Crippen LogP contribution >= 0.6 is 23.2 Å². The van der Waals surface area contributed by atoms with Crippen LogP contribution in [0.1, 0.15) is 45.6 Å². The normalized spacial score (nSPS) is 16.6. The molecule has 2 aromatic carbocycles. The number of hydrogen-bond acceptors (Lipinski definition) is 7. The molecule has 2 aromatic heterocycles. The number of fused-ring (bicyclic) bond motifs is 1. The molecule has 5 rings (SSSR count). The number of aromatic nitrogens is 3. The molecule has 1 aliphatic heterocycles. The van der Waals surface area contributed by atoms with Gasteiger partial charge in [0.1, 0.15) is 35.6 Å². The molecule has 0 aliphatic carbocycles. The fourth-order valence-corrected chi connectivity index (χ4v) is 6.58. The topological polar surface area (TPSA) is 106 Å². The van der Waals surface area contributed by atoms with Gasteiger partial charge in [-0.3, -0.25) is 4.79 Å². The van der Waals surface area contributed by atoms with Gasteiger partial charge in [0.15, 0.2) is 0 Å². The number of imidazole rings is 1. The van der Waals surface area contributed by atoms with Crippen molar-refractivity contribution in [2.45, 2.75) is 57.9 Å². The summed E-state index contributed by atoms with van der Waals surface area (Å²) in [6.07, 6.45) is 4.13. The second-order valence-electron chi connectivity index (χ2n) is 12.6. The van der Waals surface area contributed by atoms with E-state index in [2.05, 4.69) is 29.9 Å². The van der Waals surface area contributed by atoms with Crippen molar-refractivity contribution in [3.05, 3.63) is 81.5 Å². The lowest BCUT2D eigenvalue weighted by molar-refractivity contribution is 0.0526. The maximum Gasteiger partial charge on any atom is 0.338 e. The van der Waals surface area contributed by atoms with Crippen molar-refractivity contribution < 1.29 is 28.5 Å². The van der Waals surface area contributed by atoms with Crippen LogP contribution < -0.4 is 10.1 Å². The predicted octanol–water partition coefficient (Wildman–Crippen LogP) is 6.80. The molecule has 4 aromatic rings. The molecule has 1 amide bonds. The van der Waals surface area contributed by atoms with Gasteiger partial charge in [0.25, 0.3) is 5.91 Å². The molecule has 0 spiro atoms.